The van der Waals surface area contributed by atoms with Gasteiger partial charge >= 0.3 is 11.9 Å². The van der Waals surface area contributed by atoms with Crippen molar-refractivity contribution in [1.29, 1.82) is 0 Å². The van der Waals surface area contributed by atoms with Gasteiger partial charge in [-0.15, -0.1) is 0 Å². The van der Waals surface area contributed by atoms with Gasteiger partial charge in [0.05, 0.1) is 19.8 Å². The monoisotopic (exact) mass is 933 g/mol. The molecule has 382 valence electrons. The zero-order chi connectivity index (χ0) is 47.5. The summed E-state index contributed by atoms with van der Waals surface area (Å²) in [6, 6.07) is 0. The molecule has 2 aliphatic rings. The number of esters is 2. The molecule has 2 rings (SSSR count). The van der Waals surface area contributed by atoms with Crippen LogP contribution >= 0.6 is 0 Å². The number of aliphatic hydroxyl groups excluding tert-OH is 7. The number of allylic oxidation sites excluding steroid dienone is 2. The van der Waals surface area contributed by atoms with Gasteiger partial charge in [0.2, 0.25) is 0 Å². The number of hydrogen-bond donors (Lipinski definition) is 7. The molecule has 2 heterocycles. The molecular weight excluding hydrogens is 841 g/mol. The Morgan fingerprint density at radius 3 is 1.35 bits per heavy atom. The summed E-state index contributed by atoms with van der Waals surface area (Å²) in [5, 5.41) is 72.0. The molecule has 2 saturated heterocycles. The van der Waals surface area contributed by atoms with Crippen LogP contribution in [0.15, 0.2) is 12.2 Å². The Bertz CT molecular complexity index is 1190. The van der Waals surface area contributed by atoms with Crippen molar-refractivity contribution < 1.29 is 73.8 Å². The fourth-order valence-corrected chi connectivity index (χ4v) is 8.21. The summed E-state index contributed by atoms with van der Waals surface area (Å²) in [5.74, 6) is -0.921. The SMILES string of the molecule is CCCCCCCC/C=C/CCCCCCCCCC(=O)O[C@H](COC(=O)CCCCCCCCCCCCCC)CO[C@H]1O[C@@H](CO[C@H]2O[C@@H](CO)[C@@H](O)C(O)C2O)[C@@H](O)C(O)C1O. The molecule has 2 fully saturated rings. The molecule has 15 nitrogen and oxygen atoms in total. The molecule has 0 aliphatic carbocycles. The normalized spacial score (nSPS) is 26.4. The molecule has 65 heavy (non-hydrogen) atoms. The fourth-order valence-electron chi connectivity index (χ4n) is 8.21. The number of carbonyl (C=O) groups is 2. The Morgan fingerprint density at radius 2 is 0.877 bits per heavy atom. The molecule has 0 radical (unpaired) electrons. The highest BCUT2D eigenvalue weighted by Crippen LogP contribution is 2.26. The van der Waals surface area contributed by atoms with Crippen molar-refractivity contribution >= 4 is 11.9 Å². The average molecular weight is 933 g/mol. The second-order valence-corrected chi connectivity index (χ2v) is 18.4. The number of unbranched alkanes of at least 4 members (excludes halogenated alkanes) is 24. The van der Waals surface area contributed by atoms with Crippen LogP contribution in [0.4, 0.5) is 0 Å². The van der Waals surface area contributed by atoms with E-state index >= 15 is 0 Å². The van der Waals surface area contributed by atoms with Gasteiger partial charge in [0.15, 0.2) is 18.7 Å². The van der Waals surface area contributed by atoms with Crippen LogP contribution in [0, 0.1) is 0 Å². The van der Waals surface area contributed by atoms with E-state index in [9.17, 15) is 45.3 Å². The number of ether oxygens (including phenoxy) is 6. The van der Waals surface area contributed by atoms with E-state index in [1.165, 1.54) is 109 Å². The van der Waals surface area contributed by atoms with Gasteiger partial charge in [0.1, 0.15) is 55.4 Å². The van der Waals surface area contributed by atoms with E-state index in [1.807, 2.05) is 0 Å². The summed E-state index contributed by atoms with van der Waals surface area (Å²) in [5.41, 5.74) is 0. The predicted octanol–water partition coefficient (Wildman–Crippen LogP) is 6.99. The van der Waals surface area contributed by atoms with Crippen LogP contribution < -0.4 is 0 Å². The quantitative estimate of drug-likeness (QED) is 0.0187. The van der Waals surface area contributed by atoms with Crippen molar-refractivity contribution in [2.75, 3.05) is 26.4 Å². The molecule has 0 aromatic heterocycles. The van der Waals surface area contributed by atoms with Gasteiger partial charge in [-0.1, -0.05) is 161 Å². The highest BCUT2D eigenvalue weighted by atomic mass is 16.7. The van der Waals surface area contributed by atoms with E-state index in [-0.39, 0.29) is 26.1 Å². The van der Waals surface area contributed by atoms with Crippen molar-refractivity contribution in [3.8, 4) is 0 Å². The first-order valence-corrected chi connectivity index (χ1v) is 25.8. The van der Waals surface area contributed by atoms with E-state index in [2.05, 4.69) is 26.0 Å². The van der Waals surface area contributed by atoms with Crippen LogP contribution in [0.2, 0.25) is 0 Å². The van der Waals surface area contributed by atoms with Gasteiger partial charge in [-0.05, 0) is 38.5 Å². The maximum Gasteiger partial charge on any atom is 0.306 e. The smallest absolute Gasteiger partial charge is 0.306 e. The van der Waals surface area contributed by atoms with Crippen LogP contribution in [0.5, 0.6) is 0 Å². The average Bonchev–Trinajstić information content (AvgIpc) is 3.30. The van der Waals surface area contributed by atoms with E-state index in [4.69, 9.17) is 28.4 Å². The summed E-state index contributed by atoms with van der Waals surface area (Å²) in [7, 11) is 0. The van der Waals surface area contributed by atoms with E-state index in [0.29, 0.717) is 12.8 Å². The summed E-state index contributed by atoms with van der Waals surface area (Å²) in [6.07, 6.45) is 19.5. The van der Waals surface area contributed by atoms with Crippen LogP contribution in [-0.2, 0) is 38.0 Å². The molecule has 0 spiro atoms. The minimum Gasteiger partial charge on any atom is -0.462 e. The fraction of sp³-hybridized carbons (Fsp3) is 0.920. The third-order valence-electron chi connectivity index (χ3n) is 12.5. The highest BCUT2D eigenvalue weighted by Gasteiger charge is 2.47. The topological polar surface area (TPSA) is 231 Å². The van der Waals surface area contributed by atoms with Crippen LogP contribution in [0.25, 0.3) is 0 Å². The van der Waals surface area contributed by atoms with Gasteiger partial charge in [-0.2, -0.15) is 0 Å². The van der Waals surface area contributed by atoms with Crippen LogP contribution in [0.1, 0.15) is 200 Å². The summed E-state index contributed by atoms with van der Waals surface area (Å²) >= 11 is 0. The summed E-state index contributed by atoms with van der Waals surface area (Å²) in [6.45, 7) is 2.59. The Morgan fingerprint density at radius 1 is 0.477 bits per heavy atom. The molecule has 0 aromatic carbocycles. The minimum absolute atomic E-state index is 0.164. The first-order chi connectivity index (χ1) is 31.5. The zero-order valence-electron chi connectivity index (χ0n) is 40.2. The Balaban J connectivity index is 1.81. The standard InChI is InChI=1S/C50H92O15/c1-3-5-7-9-11-13-15-17-18-19-20-21-23-25-27-29-31-33-42(53)63-38(35-60-41(52)32-30-28-26-24-22-16-14-12-10-8-6-4-2)36-61-49-48(59)46(57)44(55)40(65-49)37-62-50-47(58)45(56)43(54)39(34-51)64-50/h17-18,38-40,43-51,54-59H,3-16,19-37H2,1-2H3/b18-17+/t38-,39+,40+,43-,44-,45?,46?,47?,48?,49+,50+/m1/s1. The maximum atomic E-state index is 13.0. The lowest BCUT2D eigenvalue weighted by Gasteiger charge is -2.42. The van der Waals surface area contributed by atoms with E-state index in [1.54, 1.807) is 0 Å². The van der Waals surface area contributed by atoms with Gasteiger partial charge in [-0.3, -0.25) is 9.59 Å². The van der Waals surface area contributed by atoms with Crippen molar-refractivity contribution in [3.63, 3.8) is 0 Å². The first-order valence-electron chi connectivity index (χ1n) is 25.8. The lowest BCUT2D eigenvalue weighted by atomic mass is 9.98. The van der Waals surface area contributed by atoms with Crippen molar-refractivity contribution in [3.05, 3.63) is 12.2 Å². The summed E-state index contributed by atoms with van der Waals surface area (Å²) in [4.78, 5) is 25.7. The molecular formula is C50H92O15. The predicted molar refractivity (Wildman–Crippen MR) is 248 cm³/mol. The van der Waals surface area contributed by atoms with Crippen LogP contribution in [0.3, 0.4) is 0 Å². The first kappa shape index (κ1) is 59.4. The molecule has 4 unspecified atom stereocenters. The van der Waals surface area contributed by atoms with Crippen molar-refractivity contribution in [2.24, 2.45) is 0 Å². The van der Waals surface area contributed by atoms with E-state index in [0.717, 1.165) is 51.4 Å². The number of aliphatic hydroxyl groups is 7. The Kier molecular flexibility index (Phi) is 34.8. The van der Waals surface area contributed by atoms with Gasteiger partial charge in [0, 0.05) is 12.8 Å². The molecule has 15 heteroatoms. The molecule has 0 bridgehead atoms. The Hall–Kier alpha value is -1.76. The van der Waals surface area contributed by atoms with Gasteiger partial charge in [0.25, 0.3) is 0 Å². The second kappa shape index (κ2) is 38.1. The van der Waals surface area contributed by atoms with Gasteiger partial charge < -0.3 is 64.2 Å². The van der Waals surface area contributed by atoms with Gasteiger partial charge in [-0.25, -0.2) is 0 Å². The number of hydrogen-bond acceptors (Lipinski definition) is 15. The largest absolute Gasteiger partial charge is 0.462 e. The molecule has 0 saturated carbocycles. The molecule has 0 amide bonds. The number of rotatable bonds is 40. The maximum absolute atomic E-state index is 13.0. The van der Waals surface area contributed by atoms with Crippen LogP contribution in [-0.4, -0.2) is 142 Å². The Labute approximate surface area is 390 Å². The minimum atomic E-state index is -1.76. The number of carbonyl (C=O) groups excluding carboxylic acids is 2. The molecule has 2 aliphatic heterocycles. The third-order valence-corrected chi connectivity index (χ3v) is 12.5. The molecule has 7 N–H and O–H groups in total. The zero-order valence-corrected chi connectivity index (χ0v) is 40.2. The lowest BCUT2D eigenvalue weighted by Crippen LogP contribution is -2.61. The van der Waals surface area contributed by atoms with E-state index < -0.39 is 92.7 Å². The van der Waals surface area contributed by atoms with Crippen molar-refractivity contribution in [2.45, 2.75) is 268 Å². The molecule has 0 aromatic rings. The molecule has 11 atom stereocenters. The third kappa shape index (κ3) is 26.5. The lowest BCUT2D eigenvalue weighted by molar-refractivity contribution is -0.332. The van der Waals surface area contributed by atoms with Crippen molar-refractivity contribution in [1.82, 2.24) is 0 Å². The second-order valence-electron chi connectivity index (χ2n) is 18.4. The summed E-state index contributed by atoms with van der Waals surface area (Å²) < 4.78 is 33.6. The highest BCUT2D eigenvalue weighted by molar-refractivity contribution is 5.70.